The van der Waals surface area contributed by atoms with Crippen LogP contribution in [0.15, 0.2) is 66.7 Å². The van der Waals surface area contributed by atoms with Crippen molar-refractivity contribution in [2.45, 2.75) is 19.8 Å². The predicted molar refractivity (Wildman–Crippen MR) is 148 cm³/mol. The average molecular weight is 588 g/mol. The Bertz CT molecular complexity index is 1260. The molecule has 0 aliphatic heterocycles. The van der Waals surface area contributed by atoms with Crippen molar-refractivity contribution < 1.29 is 9.53 Å². The molecule has 3 aromatic carbocycles. The number of nitrogens with one attached hydrogen (secondary N) is 2. The lowest BCUT2D eigenvalue weighted by Gasteiger charge is -2.13. The molecule has 4 aromatic rings. The Balaban J connectivity index is 1.46. The van der Waals surface area contributed by atoms with Gasteiger partial charge in [-0.15, -0.1) is 11.3 Å². The number of nitrogens with zero attached hydrogens (tertiary/aromatic N) is 1. The number of thiocarbonyl (C=S) groups is 1. The lowest BCUT2D eigenvalue weighted by Crippen LogP contribution is -2.34. The van der Waals surface area contributed by atoms with Gasteiger partial charge < -0.3 is 10.1 Å². The van der Waals surface area contributed by atoms with Gasteiger partial charge in [0.05, 0.1) is 22.5 Å². The molecular formula is C25H22IN3O2S2. The van der Waals surface area contributed by atoms with Crippen LogP contribution in [0.3, 0.4) is 0 Å². The third-order valence-corrected chi connectivity index (χ3v) is 6.81. The van der Waals surface area contributed by atoms with Gasteiger partial charge in [0.15, 0.2) is 5.11 Å². The lowest BCUT2D eigenvalue weighted by atomic mass is 10.2. The first-order valence-corrected chi connectivity index (χ1v) is 12.8. The molecule has 0 saturated carbocycles. The van der Waals surface area contributed by atoms with E-state index in [2.05, 4.69) is 52.3 Å². The van der Waals surface area contributed by atoms with Gasteiger partial charge in [-0.3, -0.25) is 10.1 Å². The molecule has 1 heterocycles. The molecule has 5 nitrogen and oxygen atoms in total. The van der Waals surface area contributed by atoms with E-state index >= 15 is 0 Å². The average Bonchev–Trinajstić information content (AvgIpc) is 3.25. The number of aromatic nitrogens is 1. The highest BCUT2D eigenvalue weighted by Gasteiger charge is 2.14. The van der Waals surface area contributed by atoms with Crippen LogP contribution in [0.4, 0.5) is 5.69 Å². The number of para-hydroxylation sites is 1. The van der Waals surface area contributed by atoms with E-state index in [1.165, 1.54) is 0 Å². The molecule has 0 radical (unpaired) electrons. The molecule has 0 aliphatic carbocycles. The Morgan fingerprint density at radius 1 is 1.12 bits per heavy atom. The second-order valence-corrected chi connectivity index (χ2v) is 10.00. The summed E-state index contributed by atoms with van der Waals surface area (Å²) in [6.45, 7) is 2.79. The molecule has 0 atom stereocenters. The van der Waals surface area contributed by atoms with Gasteiger partial charge in [-0.25, -0.2) is 4.98 Å². The molecular weight excluding hydrogens is 565 g/mol. The van der Waals surface area contributed by atoms with E-state index in [1.807, 2.05) is 30.3 Å². The van der Waals surface area contributed by atoms with Crippen LogP contribution in [-0.4, -0.2) is 22.6 Å². The number of anilines is 1. The third-order valence-electron chi connectivity index (χ3n) is 4.86. The summed E-state index contributed by atoms with van der Waals surface area (Å²) in [6, 6.07) is 21.1. The van der Waals surface area contributed by atoms with E-state index in [0.717, 1.165) is 48.6 Å². The molecule has 0 fully saturated rings. The van der Waals surface area contributed by atoms with E-state index in [4.69, 9.17) is 21.9 Å². The molecule has 4 rings (SSSR count). The van der Waals surface area contributed by atoms with Gasteiger partial charge in [0.1, 0.15) is 10.8 Å². The standard InChI is InChI=1S/C25H22IN3O2S2/c1-2-3-14-31-18-11-8-16(9-12-18)23(30)29-25(32)28-20-13-10-17(26)15-19(20)24-27-21-6-4-5-7-22(21)33-24/h4-13,15H,2-3,14H2,1H3,(H2,28,29,30,32). The zero-order valence-corrected chi connectivity index (χ0v) is 21.7. The summed E-state index contributed by atoms with van der Waals surface area (Å²) in [6.07, 6.45) is 2.08. The number of carbonyl (C=O) groups excluding carboxylic acids is 1. The molecule has 0 unspecified atom stereocenters. The summed E-state index contributed by atoms with van der Waals surface area (Å²) in [4.78, 5) is 17.4. The Labute approximate surface area is 215 Å². The normalized spacial score (nSPS) is 10.7. The van der Waals surface area contributed by atoms with Crippen LogP contribution >= 0.6 is 46.1 Å². The zero-order valence-electron chi connectivity index (χ0n) is 17.9. The van der Waals surface area contributed by atoms with Crippen LogP contribution in [-0.2, 0) is 0 Å². The van der Waals surface area contributed by atoms with Crippen molar-refractivity contribution in [1.29, 1.82) is 0 Å². The molecule has 168 valence electrons. The predicted octanol–water partition coefficient (Wildman–Crippen LogP) is 6.87. The second kappa shape index (κ2) is 11.0. The smallest absolute Gasteiger partial charge is 0.257 e. The van der Waals surface area contributed by atoms with E-state index < -0.39 is 0 Å². The van der Waals surface area contributed by atoms with Gasteiger partial charge in [0, 0.05) is 14.7 Å². The molecule has 33 heavy (non-hydrogen) atoms. The number of halogens is 1. The van der Waals surface area contributed by atoms with E-state index in [-0.39, 0.29) is 11.0 Å². The summed E-state index contributed by atoms with van der Waals surface area (Å²) in [5.74, 6) is 0.472. The first-order chi connectivity index (χ1) is 16.0. The minimum absolute atomic E-state index is 0.229. The summed E-state index contributed by atoms with van der Waals surface area (Å²) in [7, 11) is 0. The molecule has 0 bridgehead atoms. The van der Waals surface area contributed by atoms with E-state index in [1.54, 1.807) is 35.6 Å². The lowest BCUT2D eigenvalue weighted by molar-refractivity contribution is 0.0977. The fraction of sp³-hybridized carbons (Fsp3) is 0.160. The van der Waals surface area contributed by atoms with E-state index in [0.29, 0.717) is 12.2 Å². The number of hydrogen-bond donors (Lipinski definition) is 2. The minimum atomic E-state index is -0.278. The third kappa shape index (κ3) is 6.07. The highest BCUT2D eigenvalue weighted by Crippen LogP contribution is 2.35. The van der Waals surface area contributed by atoms with Crippen LogP contribution in [0.1, 0.15) is 30.1 Å². The number of thiazole rings is 1. The number of fused-ring (bicyclic) bond motifs is 1. The monoisotopic (exact) mass is 587 g/mol. The molecule has 0 spiro atoms. The van der Waals surface area contributed by atoms with Crippen molar-refractivity contribution in [3.63, 3.8) is 0 Å². The van der Waals surface area contributed by atoms with Crippen molar-refractivity contribution in [2.24, 2.45) is 0 Å². The Morgan fingerprint density at radius 2 is 1.91 bits per heavy atom. The number of amides is 1. The summed E-state index contributed by atoms with van der Waals surface area (Å²) in [5.41, 5.74) is 3.20. The van der Waals surface area contributed by atoms with Gasteiger partial charge in [-0.05, 0) is 95.8 Å². The Kier molecular flexibility index (Phi) is 7.89. The van der Waals surface area contributed by atoms with Gasteiger partial charge in [0.2, 0.25) is 0 Å². The highest BCUT2D eigenvalue weighted by atomic mass is 127. The van der Waals surface area contributed by atoms with Crippen LogP contribution < -0.4 is 15.4 Å². The fourth-order valence-electron chi connectivity index (χ4n) is 3.16. The van der Waals surface area contributed by atoms with Crippen LogP contribution in [0.5, 0.6) is 5.75 Å². The van der Waals surface area contributed by atoms with Crippen molar-refractivity contribution in [2.75, 3.05) is 11.9 Å². The minimum Gasteiger partial charge on any atom is -0.494 e. The topological polar surface area (TPSA) is 63.2 Å². The summed E-state index contributed by atoms with van der Waals surface area (Å²) in [5, 5.41) is 7.05. The van der Waals surface area contributed by atoms with Crippen LogP contribution in [0, 0.1) is 3.57 Å². The first kappa shape index (κ1) is 23.6. The SMILES string of the molecule is CCCCOc1ccc(C(=O)NC(=S)Nc2ccc(I)cc2-c2nc3ccccc3s2)cc1. The van der Waals surface area contributed by atoms with Crippen molar-refractivity contribution in [1.82, 2.24) is 10.3 Å². The number of ether oxygens (including phenoxy) is 1. The number of carbonyl (C=O) groups is 1. The van der Waals surface area contributed by atoms with Gasteiger partial charge in [-0.2, -0.15) is 0 Å². The van der Waals surface area contributed by atoms with Gasteiger partial charge >= 0.3 is 0 Å². The molecule has 8 heteroatoms. The van der Waals surface area contributed by atoms with Crippen LogP contribution in [0.2, 0.25) is 0 Å². The van der Waals surface area contributed by atoms with Crippen molar-refractivity contribution in [3.05, 3.63) is 75.9 Å². The van der Waals surface area contributed by atoms with E-state index in [9.17, 15) is 4.79 Å². The van der Waals surface area contributed by atoms with Crippen LogP contribution in [0.25, 0.3) is 20.8 Å². The maximum absolute atomic E-state index is 12.7. The molecule has 0 saturated heterocycles. The van der Waals surface area contributed by atoms with Crippen molar-refractivity contribution in [3.8, 4) is 16.3 Å². The van der Waals surface area contributed by atoms with Gasteiger partial charge in [-0.1, -0.05) is 25.5 Å². The quantitative estimate of drug-likeness (QED) is 0.140. The number of hydrogen-bond acceptors (Lipinski definition) is 5. The summed E-state index contributed by atoms with van der Waals surface area (Å²) >= 11 is 9.33. The fourth-order valence-corrected chi connectivity index (χ4v) is 4.85. The first-order valence-electron chi connectivity index (χ1n) is 10.5. The molecule has 0 aliphatic rings. The Morgan fingerprint density at radius 3 is 2.67 bits per heavy atom. The maximum atomic E-state index is 12.7. The molecule has 1 amide bonds. The zero-order chi connectivity index (χ0) is 23.2. The number of benzene rings is 3. The number of unbranched alkanes of at least 4 members (excludes halogenated alkanes) is 1. The maximum Gasteiger partial charge on any atom is 0.257 e. The van der Waals surface area contributed by atoms with Crippen molar-refractivity contribution >= 4 is 73.1 Å². The Hall–Kier alpha value is -2.56. The molecule has 2 N–H and O–H groups in total. The second-order valence-electron chi connectivity index (χ2n) is 7.31. The number of rotatable bonds is 7. The summed E-state index contributed by atoms with van der Waals surface area (Å²) < 4.78 is 7.86. The molecule has 1 aromatic heterocycles. The highest BCUT2D eigenvalue weighted by molar-refractivity contribution is 14.1. The largest absolute Gasteiger partial charge is 0.494 e. The van der Waals surface area contributed by atoms with Gasteiger partial charge in [0.25, 0.3) is 5.91 Å².